The van der Waals surface area contributed by atoms with Crippen molar-refractivity contribution in [3.05, 3.63) is 34.6 Å². The van der Waals surface area contributed by atoms with Crippen molar-refractivity contribution in [2.45, 2.75) is 6.04 Å². The summed E-state index contributed by atoms with van der Waals surface area (Å²) in [6.07, 6.45) is 0. The first kappa shape index (κ1) is 11.9. The minimum absolute atomic E-state index is 0.932. The fourth-order valence-electron chi connectivity index (χ4n) is 1.04. The molecule has 0 aromatic heterocycles. The number of aliphatic hydroxyl groups is 1. The van der Waals surface area contributed by atoms with Crippen molar-refractivity contribution in [1.82, 2.24) is 0 Å². The smallest absolute Gasteiger partial charge is 0.200 e. The summed E-state index contributed by atoms with van der Waals surface area (Å²) in [4.78, 5) is 0. The van der Waals surface area contributed by atoms with E-state index in [0.29, 0.717) is 0 Å². The van der Waals surface area contributed by atoms with Gasteiger partial charge >= 0.3 is 0 Å². The highest BCUT2D eigenvalue weighted by molar-refractivity contribution is 5.26. The summed E-state index contributed by atoms with van der Waals surface area (Å²) in [5.41, 5.74) is 3.78. The third-order valence-electron chi connectivity index (χ3n) is 1.81. The molecule has 2 nitrogen and oxygen atoms in total. The van der Waals surface area contributed by atoms with Gasteiger partial charge in [0.1, 0.15) is 0 Å². The van der Waals surface area contributed by atoms with Crippen LogP contribution in [0.2, 0.25) is 0 Å². The quantitative estimate of drug-likeness (QED) is 0.455. The zero-order valence-corrected chi connectivity index (χ0v) is 7.20. The van der Waals surface area contributed by atoms with Crippen molar-refractivity contribution in [2.24, 2.45) is 5.73 Å². The van der Waals surface area contributed by atoms with Gasteiger partial charge in [-0.1, -0.05) is 0 Å². The molecule has 1 aromatic carbocycles. The molecule has 84 valence electrons. The topological polar surface area (TPSA) is 46.2 Å². The van der Waals surface area contributed by atoms with Crippen LogP contribution in [0.1, 0.15) is 11.6 Å². The molecule has 0 saturated heterocycles. The van der Waals surface area contributed by atoms with Gasteiger partial charge in [-0.15, -0.1) is 0 Å². The summed E-state index contributed by atoms with van der Waals surface area (Å²) in [6.45, 7) is -0.932. The lowest BCUT2D eigenvalue weighted by Gasteiger charge is -2.12. The molecule has 0 bridgehead atoms. The van der Waals surface area contributed by atoms with E-state index >= 15 is 0 Å². The van der Waals surface area contributed by atoms with Crippen LogP contribution < -0.4 is 5.73 Å². The second kappa shape index (κ2) is 4.11. The molecule has 0 unspecified atom stereocenters. The number of nitrogens with two attached hydrogens (primary N) is 1. The highest BCUT2D eigenvalue weighted by atomic mass is 19.2. The predicted molar refractivity (Wildman–Crippen MR) is 40.2 cm³/mol. The fraction of sp³-hybridized carbons (Fsp3) is 0.250. The van der Waals surface area contributed by atoms with Crippen molar-refractivity contribution in [3.63, 3.8) is 0 Å². The fourth-order valence-corrected chi connectivity index (χ4v) is 1.04. The monoisotopic (exact) mass is 227 g/mol. The molecule has 1 rings (SSSR count). The number of hydrogen-bond donors (Lipinski definition) is 2. The molecule has 0 radical (unpaired) electrons. The lowest BCUT2D eigenvalue weighted by atomic mass is 10.1. The van der Waals surface area contributed by atoms with Crippen LogP contribution in [0.3, 0.4) is 0 Å². The van der Waals surface area contributed by atoms with Crippen LogP contribution in [0, 0.1) is 29.1 Å². The standard InChI is InChI=1S/C8H6F5NO/c9-4-3(2(14)1-15)5(10)7(12)8(13)6(4)11/h2,15H,1,14H2/t2-/m0/s1. The Morgan fingerprint density at radius 2 is 1.20 bits per heavy atom. The summed E-state index contributed by atoms with van der Waals surface area (Å²) < 4.78 is 63.6. The Kier molecular flexibility index (Phi) is 3.25. The molecule has 0 aliphatic rings. The molecule has 1 aromatic rings. The van der Waals surface area contributed by atoms with Gasteiger partial charge in [0.15, 0.2) is 23.3 Å². The molecule has 3 N–H and O–H groups in total. The summed E-state index contributed by atoms with van der Waals surface area (Å²) in [6, 6.07) is -1.66. The second-order valence-electron chi connectivity index (χ2n) is 2.77. The van der Waals surface area contributed by atoms with Crippen LogP contribution in [-0.2, 0) is 0 Å². The Labute approximate surface area is 81.1 Å². The molecule has 1 atom stereocenters. The molecular formula is C8H6F5NO. The van der Waals surface area contributed by atoms with Crippen molar-refractivity contribution in [2.75, 3.05) is 6.61 Å². The molecule has 0 heterocycles. The van der Waals surface area contributed by atoms with E-state index in [2.05, 4.69) is 0 Å². The van der Waals surface area contributed by atoms with Crippen LogP contribution in [-0.4, -0.2) is 11.7 Å². The van der Waals surface area contributed by atoms with Gasteiger partial charge in [-0.25, -0.2) is 22.0 Å². The SMILES string of the molecule is N[C@@H](CO)c1c(F)c(F)c(F)c(F)c1F. The Bertz CT molecular complexity index is 366. The molecule has 0 fully saturated rings. The zero-order valence-electron chi connectivity index (χ0n) is 7.20. The summed E-state index contributed by atoms with van der Waals surface area (Å²) in [5.74, 6) is -10.4. The van der Waals surface area contributed by atoms with Gasteiger partial charge in [-0.3, -0.25) is 0 Å². The third kappa shape index (κ3) is 1.80. The van der Waals surface area contributed by atoms with E-state index in [4.69, 9.17) is 10.8 Å². The number of hydrogen-bond acceptors (Lipinski definition) is 2. The van der Waals surface area contributed by atoms with Crippen LogP contribution in [0.4, 0.5) is 22.0 Å². The van der Waals surface area contributed by atoms with E-state index in [1.807, 2.05) is 0 Å². The highest BCUT2D eigenvalue weighted by Gasteiger charge is 2.28. The maximum atomic E-state index is 12.9. The van der Waals surface area contributed by atoms with Crippen LogP contribution in [0.25, 0.3) is 0 Å². The van der Waals surface area contributed by atoms with Gasteiger partial charge in [0, 0.05) is 5.56 Å². The Hall–Kier alpha value is -1.21. The molecule has 0 aliphatic carbocycles. The third-order valence-corrected chi connectivity index (χ3v) is 1.81. The number of benzene rings is 1. The van der Waals surface area contributed by atoms with Crippen LogP contribution in [0.5, 0.6) is 0 Å². The molecule has 0 amide bonds. The molecular weight excluding hydrogens is 221 g/mol. The minimum Gasteiger partial charge on any atom is -0.394 e. The maximum Gasteiger partial charge on any atom is 0.200 e. The summed E-state index contributed by atoms with van der Waals surface area (Å²) in [7, 11) is 0. The first-order valence-corrected chi connectivity index (χ1v) is 3.79. The lowest BCUT2D eigenvalue weighted by molar-refractivity contribution is 0.257. The number of rotatable bonds is 2. The summed E-state index contributed by atoms with van der Waals surface area (Å²) >= 11 is 0. The molecule has 0 aliphatic heterocycles. The Morgan fingerprint density at radius 3 is 1.53 bits per heavy atom. The van der Waals surface area contributed by atoms with Crippen molar-refractivity contribution < 1.29 is 27.1 Å². The van der Waals surface area contributed by atoms with Crippen molar-refractivity contribution >= 4 is 0 Å². The average molecular weight is 227 g/mol. The van der Waals surface area contributed by atoms with Gasteiger partial charge in [-0.2, -0.15) is 0 Å². The zero-order chi connectivity index (χ0) is 11.7. The lowest BCUT2D eigenvalue weighted by Crippen LogP contribution is -2.20. The Balaban J connectivity index is 3.52. The first-order valence-electron chi connectivity index (χ1n) is 3.79. The molecule has 0 spiro atoms. The first-order chi connectivity index (χ1) is 6.91. The number of aliphatic hydroxyl groups excluding tert-OH is 1. The Morgan fingerprint density at radius 1 is 0.867 bits per heavy atom. The van der Waals surface area contributed by atoms with Gasteiger partial charge < -0.3 is 10.8 Å². The second-order valence-corrected chi connectivity index (χ2v) is 2.77. The van der Waals surface area contributed by atoms with Crippen LogP contribution >= 0.6 is 0 Å². The van der Waals surface area contributed by atoms with Gasteiger partial charge in [0.05, 0.1) is 12.6 Å². The van der Waals surface area contributed by atoms with E-state index in [1.54, 1.807) is 0 Å². The maximum absolute atomic E-state index is 12.9. The molecule has 7 heteroatoms. The van der Waals surface area contributed by atoms with E-state index in [0.717, 1.165) is 0 Å². The predicted octanol–water partition coefficient (Wildman–Crippen LogP) is 1.37. The number of halogens is 5. The van der Waals surface area contributed by atoms with E-state index < -0.39 is 47.3 Å². The van der Waals surface area contributed by atoms with Crippen molar-refractivity contribution in [3.8, 4) is 0 Å². The minimum atomic E-state index is -2.25. The van der Waals surface area contributed by atoms with Gasteiger partial charge in [0.2, 0.25) is 5.82 Å². The highest BCUT2D eigenvalue weighted by Crippen LogP contribution is 2.26. The van der Waals surface area contributed by atoms with E-state index in [-0.39, 0.29) is 0 Å². The van der Waals surface area contributed by atoms with Gasteiger partial charge in [0.25, 0.3) is 0 Å². The van der Waals surface area contributed by atoms with E-state index in [9.17, 15) is 22.0 Å². The van der Waals surface area contributed by atoms with E-state index in [1.165, 1.54) is 0 Å². The largest absolute Gasteiger partial charge is 0.394 e. The normalized spacial score (nSPS) is 13.0. The summed E-state index contributed by atoms with van der Waals surface area (Å²) in [5, 5.41) is 8.49. The average Bonchev–Trinajstić information content (AvgIpc) is 2.23. The molecule has 15 heavy (non-hydrogen) atoms. The van der Waals surface area contributed by atoms with Crippen LogP contribution in [0.15, 0.2) is 0 Å². The molecule has 0 saturated carbocycles. The van der Waals surface area contributed by atoms with Gasteiger partial charge in [-0.05, 0) is 0 Å². The van der Waals surface area contributed by atoms with Crippen molar-refractivity contribution in [1.29, 1.82) is 0 Å².